The molecule has 0 aromatic heterocycles. The van der Waals surface area contributed by atoms with E-state index in [2.05, 4.69) is 0 Å². The van der Waals surface area contributed by atoms with Crippen molar-refractivity contribution in [2.24, 2.45) is 0 Å². The van der Waals surface area contributed by atoms with E-state index in [0.29, 0.717) is 27.9 Å². The van der Waals surface area contributed by atoms with E-state index >= 15 is 0 Å². The summed E-state index contributed by atoms with van der Waals surface area (Å²) in [6, 6.07) is 11.9. The summed E-state index contributed by atoms with van der Waals surface area (Å²) in [5, 5.41) is 18.9. The van der Waals surface area contributed by atoms with Gasteiger partial charge in [-0.05, 0) is 23.2 Å². The minimum absolute atomic E-state index is 0.297. The molecule has 2 aromatic carbocycles. The Kier molecular flexibility index (Phi) is 4.72. The van der Waals surface area contributed by atoms with Crippen molar-refractivity contribution in [3.8, 4) is 5.75 Å². The fourth-order valence-electron chi connectivity index (χ4n) is 1.56. The first-order valence-corrected chi connectivity index (χ1v) is 6.35. The van der Waals surface area contributed by atoms with Crippen LogP contribution in [0.5, 0.6) is 5.75 Å². The second-order valence-corrected chi connectivity index (χ2v) is 4.77. The van der Waals surface area contributed by atoms with Crippen LogP contribution < -0.4 is 10.2 Å². The van der Waals surface area contributed by atoms with Crippen LogP contribution in [0.1, 0.15) is 5.56 Å². The summed E-state index contributed by atoms with van der Waals surface area (Å²) in [6.45, 7) is 0.297. The number of benzene rings is 2. The Morgan fingerprint density at radius 3 is 2.05 bits per heavy atom. The highest BCUT2D eigenvalue weighted by Gasteiger charge is 2.10. The lowest BCUT2D eigenvalue weighted by Crippen LogP contribution is -2.29. The molecule has 0 atom stereocenters. The van der Waals surface area contributed by atoms with Crippen LogP contribution in [-0.2, 0) is 6.61 Å². The Morgan fingerprint density at radius 2 is 1.53 bits per heavy atom. The molecule has 6 heteroatoms. The largest absolute Gasteiger partial charge is 0.488 e. The maximum Gasteiger partial charge on any atom is 0.488 e. The van der Waals surface area contributed by atoms with Crippen LogP contribution in [0.2, 0.25) is 10.0 Å². The third kappa shape index (κ3) is 3.64. The second kappa shape index (κ2) is 6.30. The fourth-order valence-corrected chi connectivity index (χ4v) is 2.07. The van der Waals surface area contributed by atoms with Crippen molar-refractivity contribution in [3.05, 3.63) is 58.1 Å². The van der Waals surface area contributed by atoms with Crippen LogP contribution in [0, 0.1) is 0 Å². The molecular formula is C13H11BCl2O3. The average molecular weight is 297 g/mol. The molecule has 2 rings (SSSR count). The molecular weight excluding hydrogens is 286 g/mol. The molecule has 0 saturated carbocycles. The van der Waals surface area contributed by atoms with Gasteiger partial charge in [0.15, 0.2) is 5.75 Å². The van der Waals surface area contributed by atoms with Crippen molar-refractivity contribution in [2.75, 3.05) is 0 Å². The quantitative estimate of drug-likeness (QED) is 0.851. The van der Waals surface area contributed by atoms with Gasteiger partial charge in [-0.3, -0.25) is 0 Å². The molecule has 0 saturated heterocycles. The predicted molar refractivity (Wildman–Crippen MR) is 77.1 cm³/mol. The van der Waals surface area contributed by atoms with E-state index in [1.807, 2.05) is 0 Å². The standard InChI is InChI=1S/C13H11BCl2O3/c15-11-2-1-3-12(16)13(11)19-8-9-4-6-10(7-5-9)14(17)18/h1-7,17-18H,8H2. The van der Waals surface area contributed by atoms with E-state index in [9.17, 15) is 0 Å². The predicted octanol–water partition coefficient (Wildman–Crippen LogP) is 2.25. The van der Waals surface area contributed by atoms with Crippen molar-refractivity contribution in [3.63, 3.8) is 0 Å². The molecule has 0 radical (unpaired) electrons. The Labute approximate surface area is 121 Å². The monoisotopic (exact) mass is 296 g/mol. The van der Waals surface area contributed by atoms with Gasteiger partial charge in [0.05, 0.1) is 10.0 Å². The van der Waals surface area contributed by atoms with E-state index in [1.54, 1.807) is 42.5 Å². The molecule has 98 valence electrons. The molecule has 0 aliphatic carbocycles. The van der Waals surface area contributed by atoms with E-state index in [1.165, 1.54) is 0 Å². The summed E-state index contributed by atoms with van der Waals surface area (Å²) in [4.78, 5) is 0. The summed E-state index contributed by atoms with van der Waals surface area (Å²) in [6.07, 6.45) is 0. The third-order valence-electron chi connectivity index (χ3n) is 2.58. The van der Waals surface area contributed by atoms with Gasteiger partial charge in [0, 0.05) is 0 Å². The lowest BCUT2D eigenvalue weighted by atomic mass is 9.80. The van der Waals surface area contributed by atoms with Crippen molar-refractivity contribution in [2.45, 2.75) is 6.61 Å². The van der Waals surface area contributed by atoms with E-state index in [4.69, 9.17) is 38.0 Å². The summed E-state index contributed by atoms with van der Waals surface area (Å²) < 4.78 is 5.57. The molecule has 0 spiro atoms. The molecule has 0 heterocycles. The van der Waals surface area contributed by atoms with Crippen molar-refractivity contribution >= 4 is 35.8 Å². The SMILES string of the molecule is OB(O)c1ccc(COc2c(Cl)cccc2Cl)cc1. The highest BCUT2D eigenvalue weighted by Crippen LogP contribution is 2.32. The van der Waals surface area contributed by atoms with Crippen molar-refractivity contribution < 1.29 is 14.8 Å². The maximum atomic E-state index is 8.98. The van der Waals surface area contributed by atoms with Crippen LogP contribution in [0.3, 0.4) is 0 Å². The van der Waals surface area contributed by atoms with Gasteiger partial charge in [-0.2, -0.15) is 0 Å². The number of hydrogen-bond acceptors (Lipinski definition) is 3. The summed E-state index contributed by atoms with van der Waals surface area (Å²) in [5.41, 5.74) is 1.31. The van der Waals surface area contributed by atoms with E-state index in [0.717, 1.165) is 5.56 Å². The summed E-state index contributed by atoms with van der Waals surface area (Å²) in [7, 11) is -1.46. The van der Waals surface area contributed by atoms with Crippen LogP contribution in [0.4, 0.5) is 0 Å². The molecule has 2 N–H and O–H groups in total. The van der Waals surface area contributed by atoms with Crippen molar-refractivity contribution in [1.29, 1.82) is 0 Å². The Hall–Kier alpha value is -1.20. The zero-order valence-electron chi connectivity index (χ0n) is 9.88. The van der Waals surface area contributed by atoms with Gasteiger partial charge >= 0.3 is 7.12 Å². The van der Waals surface area contributed by atoms with Crippen LogP contribution in [0.25, 0.3) is 0 Å². The summed E-state index contributed by atoms with van der Waals surface area (Å²) >= 11 is 12.0. The fraction of sp³-hybridized carbons (Fsp3) is 0.0769. The van der Waals surface area contributed by atoms with Crippen LogP contribution in [-0.4, -0.2) is 17.2 Å². The first-order valence-electron chi connectivity index (χ1n) is 5.59. The number of hydrogen-bond donors (Lipinski definition) is 2. The number of halogens is 2. The third-order valence-corrected chi connectivity index (χ3v) is 3.18. The Morgan fingerprint density at radius 1 is 0.947 bits per heavy atom. The molecule has 0 bridgehead atoms. The van der Waals surface area contributed by atoms with Crippen molar-refractivity contribution in [1.82, 2.24) is 0 Å². The molecule has 19 heavy (non-hydrogen) atoms. The molecule has 0 unspecified atom stereocenters. The van der Waals surface area contributed by atoms with Crippen LogP contribution in [0.15, 0.2) is 42.5 Å². The van der Waals surface area contributed by atoms with Gasteiger partial charge < -0.3 is 14.8 Å². The average Bonchev–Trinajstić information content (AvgIpc) is 2.38. The van der Waals surface area contributed by atoms with Gasteiger partial charge in [0.2, 0.25) is 0 Å². The molecule has 0 aliphatic rings. The Bertz CT molecular complexity index is 538. The number of ether oxygens (including phenoxy) is 1. The highest BCUT2D eigenvalue weighted by atomic mass is 35.5. The highest BCUT2D eigenvalue weighted by molar-refractivity contribution is 6.58. The molecule has 0 fully saturated rings. The van der Waals surface area contributed by atoms with Crippen LogP contribution >= 0.6 is 23.2 Å². The van der Waals surface area contributed by atoms with Gasteiger partial charge in [0.1, 0.15) is 6.61 Å². The second-order valence-electron chi connectivity index (χ2n) is 3.95. The Balaban J connectivity index is 2.06. The van der Waals surface area contributed by atoms with Gasteiger partial charge in [-0.15, -0.1) is 0 Å². The zero-order chi connectivity index (χ0) is 13.8. The van der Waals surface area contributed by atoms with Gasteiger partial charge in [0.25, 0.3) is 0 Å². The smallest absolute Gasteiger partial charge is 0.486 e. The first kappa shape index (κ1) is 14.2. The molecule has 0 aliphatic heterocycles. The lowest BCUT2D eigenvalue weighted by molar-refractivity contribution is 0.306. The minimum atomic E-state index is -1.46. The molecule has 0 amide bonds. The zero-order valence-corrected chi connectivity index (χ0v) is 11.4. The maximum absolute atomic E-state index is 8.98. The van der Waals surface area contributed by atoms with E-state index < -0.39 is 7.12 Å². The van der Waals surface area contributed by atoms with Gasteiger partial charge in [-0.25, -0.2) is 0 Å². The molecule has 3 nitrogen and oxygen atoms in total. The molecule has 2 aromatic rings. The normalized spacial score (nSPS) is 10.3. The topological polar surface area (TPSA) is 49.7 Å². The minimum Gasteiger partial charge on any atom is -0.486 e. The number of rotatable bonds is 4. The number of para-hydroxylation sites is 1. The van der Waals surface area contributed by atoms with E-state index in [-0.39, 0.29) is 0 Å². The summed E-state index contributed by atoms with van der Waals surface area (Å²) in [5.74, 6) is 0.442. The first-order chi connectivity index (χ1) is 9.08. The van der Waals surface area contributed by atoms with Gasteiger partial charge in [-0.1, -0.05) is 53.5 Å². The lowest BCUT2D eigenvalue weighted by Gasteiger charge is -2.10.